The first-order chi connectivity index (χ1) is 19.2. The Morgan fingerprint density at radius 2 is 1.60 bits per heavy atom. The molecule has 2 N–H and O–H groups in total. The van der Waals surface area contributed by atoms with E-state index in [1.54, 1.807) is 48.3 Å². The summed E-state index contributed by atoms with van der Waals surface area (Å²) in [6, 6.07) is 16.9. The third kappa shape index (κ3) is 11.8. The fraction of sp³-hybridized carbons (Fsp3) is 0.433. The summed E-state index contributed by atoms with van der Waals surface area (Å²) in [5, 5.41) is 9.55. The van der Waals surface area contributed by atoms with Crippen LogP contribution in [0.5, 0.6) is 0 Å². The Balaban J connectivity index is 1.56. The molecule has 0 spiro atoms. The van der Waals surface area contributed by atoms with Crippen LogP contribution in [0.25, 0.3) is 0 Å². The minimum absolute atomic E-state index is 0.155. The fourth-order valence-electron chi connectivity index (χ4n) is 3.92. The summed E-state index contributed by atoms with van der Waals surface area (Å²) < 4.78 is 10.7. The van der Waals surface area contributed by atoms with E-state index < -0.39 is 23.8 Å². The number of nitrogens with one attached hydrogen (secondary N) is 2. The molecule has 216 valence electrons. The van der Waals surface area contributed by atoms with Crippen LogP contribution < -0.4 is 10.6 Å². The van der Waals surface area contributed by atoms with Gasteiger partial charge in [0.15, 0.2) is 0 Å². The van der Waals surface area contributed by atoms with Crippen LogP contribution in [0.3, 0.4) is 0 Å². The van der Waals surface area contributed by atoms with Gasteiger partial charge in [-0.15, -0.1) is 22.7 Å². The summed E-state index contributed by atoms with van der Waals surface area (Å²) in [7, 11) is 0. The molecule has 0 saturated carbocycles. The molecule has 0 aliphatic heterocycles. The second kappa shape index (κ2) is 16.0. The van der Waals surface area contributed by atoms with Gasteiger partial charge in [0.2, 0.25) is 5.91 Å². The van der Waals surface area contributed by atoms with Gasteiger partial charge in [0, 0.05) is 22.8 Å². The fourth-order valence-corrected chi connectivity index (χ4v) is 5.34. The normalized spacial score (nSPS) is 11.9. The maximum atomic E-state index is 13.8. The van der Waals surface area contributed by atoms with Gasteiger partial charge in [0.25, 0.3) is 0 Å². The van der Waals surface area contributed by atoms with Gasteiger partial charge >= 0.3 is 12.2 Å². The molecular formula is C30H39N3O5S2. The van der Waals surface area contributed by atoms with Gasteiger partial charge in [-0.3, -0.25) is 4.79 Å². The van der Waals surface area contributed by atoms with E-state index in [2.05, 4.69) is 16.7 Å². The number of amides is 3. The summed E-state index contributed by atoms with van der Waals surface area (Å²) in [5.41, 5.74) is 0.300. The van der Waals surface area contributed by atoms with Crippen LogP contribution in [0.15, 0.2) is 65.4 Å². The molecular weight excluding hydrogens is 546 g/mol. The zero-order chi connectivity index (χ0) is 28.8. The molecule has 2 aromatic heterocycles. The number of hydrogen-bond donors (Lipinski definition) is 2. The second-order valence-electron chi connectivity index (χ2n) is 10.3. The van der Waals surface area contributed by atoms with Gasteiger partial charge in [-0.2, -0.15) is 0 Å². The Kier molecular flexibility index (Phi) is 12.5. The summed E-state index contributed by atoms with van der Waals surface area (Å²) in [4.78, 5) is 42.6. The van der Waals surface area contributed by atoms with E-state index in [0.717, 1.165) is 16.9 Å². The molecule has 3 aromatic rings. The van der Waals surface area contributed by atoms with Crippen LogP contribution >= 0.6 is 22.7 Å². The summed E-state index contributed by atoms with van der Waals surface area (Å²) in [5.74, 6) is -0.155. The van der Waals surface area contributed by atoms with Crippen molar-refractivity contribution in [2.24, 2.45) is 0 Å². The van der Waals surface area contributed by atoms with Gasteiger partial charge in [-0.05, 0) is 74.9 Å². The zero-order valence-electron chi connectivity index (χ0n) is 23.4. The lowest BCUT2D eigenvalue weighted by atomic mass is 10.1. The number of carbonyl (C=O) groups is 3. The summed E-state index contributed by atoms with van der Waals surface area (Å²) >= 11 is 3.26. The number of thiophene rings is 2. The highest BCUT2D eigenvalue weighted by atomic mass is 32.1. The molecule has 1 aromatic carbocycles. The minimum Gasteiger partial charge on any atom is -0.450 e. The quantitative estimate of drug-likeness (QED) is 0.214. The number of ether oxygens (including phenoxy) is 2. The minimum atomic E-state index is -0.759. The SMILES string of the molecule is CC(C)(C)OC(=O)N[C@H](CCCCOC(=O)NCc1ccccc1)C(=O)N(CCc1cccs1)Cc1cccs1. The number of hydrogen-bond acceptors (Lipinski definition) is 7. The number of rotatable bonds is 14. The molecule has 8 nitrogen and oxygen atoms in total. The van der Waals surface area contributed by atoms with Crippen molar-refractivity contribution in [1.82, 2.24) is 15.5 Å². The molecule has 1 atom stereocenters. The van der Waals surface area contributed by atoms with Crippen LogP contribution in [-0.4, -0.2) is 47.8 Å². The van der Waals surface area contributed by atoms with Gasteiger partial charge in [-0.25, -0.2) is 9.59 Å². The molecule has 40 heavy (non-hydrogen) atoms. The van der Waals surface area contributed by atoms with Crippen molar-refractivity contribution < 1.29 is 23.9 Å². The molecule has 3 rings (SSSR count). The first-order valence-electron chi connectivity index (χ1n) is 13.5. The van der Waals surface area contributed by atoms with Crippen LogP contribution in [0.4, 0.5) is 9.59 Å². The van der Waals surface area contributed by atoms with Crippen LogP contribution in [0.1, 0.15) is 55.4 Å². The summed E-state index contributed by atoms with van der Waals surface area (Å²) in [6.45, 7) is 6.97. The second-order valence-corrected chi connectivity index (χ2v) is 12.4. The van der Waals surface area contributed by atoms with Gasteiger partial charge < -0.3 is 25.0 Å². The van der Waals surface area contributed by atoms with Crippen LogP contribution in [0, 0.1) is 0 Å². The Labute approximate surface area is 244 Å². The largest absolute Gasteiger partial charge is 0.450 e. The van der Waals surface area contributed by atoms with E-state index >= 15 is 0 Å². The van der Waals surface area contributed by atoms with Gasteiger partial charge in [-0.1, -0.05) is 42.5 Å². The molecule has 2 heterocycles. The lowest BCUT2D eigenvalue weighted by Crippen LogP contribution is -2.50. The predicted molar refractivity (Wildman–Crippen MR) is 159 cm³/mol. The van der Waals surface area contributed by atoms with E-state index in [1.807, 2.05) is 59.3 Å². The van der Waals surface area contributed by atoms with Gasteiger partial charge in [0.05, 0.1) is 13.2 Å². The zero-order valence-corrected chi connectivity index (χ0v) is 25.0. The molecule has 0 unspecified atom stereocenters. The van der Waals surface area contributed by atoms with Crippen molar-refractivity contribution in [3.63, 3.8) is 0 Å². The standard InChI is InChI=1S/C30H39N3O5S2/c1-30(2,3)38-29(36)32-26(15-7-8-18-37-28(35)31-21-23-11-5-4-6-12-23)27(34)33(22-25-14-10-20-40-25)17-16-24-13-9-19-39-24/h4-6,9-14,19-20,26H,7-8,15-18,21-22H2,1-3H3,(H,31,35)(H,32,36)/t26-/m1/s1. The average Bonchev–Trinajstić information content (AvgIpc) is 3.63. The monoisotopic (exact) mass is 585 g/mol. The Morgan fingerprint density at radius 1 is 0.900 bits per heavy atom. The van der Waals surface area contributed by atoms with Crippen LogP contribution in [0.2, 0.25) is 0 Å². The van der Waals surface area contributed by atoms with Gasteiger partial charge in [0.1, 0.15) is 11.6 Å². The van der Waals surface area contributed by atoms with Crippen molar-refractivity contribution in [1.29, 1.82) is 0 Å². The number of nitrogens with zero attached hydrogens (tertiary/aromatic N) is 1. The molecule has 0 bridgehead atoms. The lowest BCUT2D eigenvalue weighted by Gasteiger charge is -2.29. The average molecular weight is 586 g/mol. The first kappa shape index (κ1) is 31.2. The van der Waals surface area contributed by atoms with Crippen molar-refractivity contribution in [3.8, 4) is 0 Å². The molecule has 0 aliphatic rings. The number of alkyl carbamates (subject to hydrolysis) is 2. The third-order valence-corrected chi connectivity index (χ3v) is 7.63. The van der Waals surface area contributed by atoms with Crippen molar-refractivity contribution in [2.75, 3.05) is 13.2 Å². The number of carbonyl (C=O) groups excluding carboxylic acids is 3. The molecule has 0 saturated heterocycles. The lowest BCUT2D eigenvalue weighted by molar-refractivity contribution is -0.134. The van der Waals surface area contributed by atoms with E-state index in [1.165, 1.54) is 4.88 Å². The Bertz CT molecular complexity index is 1160. The molecule has 0 fully saturated rings. The smallest absolute Gasteiger partial charge is 0.408 e. The predicted octanol–water partition coefficient (Wildman–Crippen LogP) is 6.37. The van der Waals surface area contributed by atoms with E-state index in [-0.39, 0.29) is 12.5 Å². The summed E-state index contributed by atoms with van der Waals surface area (Å²) in [6.07, 6.45) is 1.15. The van der Waals surface area contributed by atoms with E-state index in [4.69, 9.17) is 9.47 Å². The van der Waals surface area contributed by atoms with Crippen LogP contribution in [-0.2, 0) is 33.8 Å². The van der Waals surface area contributed by atoms with Crippen molar-refractivity contribution in [3.05, 3.63) is 80.7 Å². The Morgan fingerprint density at radius 3 is 2.25 bits per heavy atom. The topological polar surface area (TPSA) is 97.0 Å². The van der Waals surface area contributed by atoms with Crippen molar-refractivity contribution >= 4 is 40.8 Å². The molecule has 0 radical (unpaired) electrons. The molecule has 0 aliphatic carbocycles. The third-order valence-electron chi connectivity index (χ3n) is 5.84. The maximum Gasteiger partial charge on any atom is 0.408 e. The highest BCUT2D eigenvalue weighted by molar-refractivity contribution is 7.10. The first-order valence-corrected chi connectivity index (χ1v) is 15.2. The maximum absolute atomic E-state index is 13.8. The van der Waals surface area contributed by atoms with E-state index in [9.17, 15) is 14.4 Å². The highest BCUT2D eigenvalue weighted by Gasteiger charge is 2.28. The number of unbranched alkanes of at least 4 members (excludes halogenated alkanes) is 1. The molecule has 3 amide bonds. The number of benzene rings is 1. The van der Waals surface area contributed by atoms with Crippen molar-refractivity contribution in [2.45, 2.75) is 71.2 Å². The van der Waals surface area contributed by atoms with E-state index in [0.29, 0.717) is 38.9 Å². The Hall–Kier alpha value is -3.37. The highest BCUT2D eigenvalue weighted by Crippen LogP contribution is 2.17. The molecule has 10 heteroatoms.